The van der Waals surface area contributed by atoms with Gasteiger partial charge in [-0.2, -0.15) is 0 Å². The fraction of sp³-hybridized carbons (Fsp3) is 0.811. The van der Waals surface area contributed by atoms with E-state index in [9.17, 15) is 47.9 Å². The molecular formula is C53H91N7O18. The first-order valence-electron chi connectivity index (χ1n) is 26.3. The number of nitrogens with one attached hydrogen (secondary N) is 3. The molecule has 0 unspecified atom stereocenters. The van der Waals surface area contributed by atoms with Gasteiger partial charge < -0.3 is 58.7 Å². The van der Waals surface area contributed by atoms with Crippen LogP contribution in [0.15, 0.2) is 5.11 Å². The maximum atomic E-state index is 14.3. The van der Waals surface area contributed by atoms with Gasteiger partial charge in [0.05, 0.1) is 90.6 Å². The van der Waals surface area contributed by atoms with E-state index in [4.69, 9.17) is 43.4 Å². The van der Waals surface area contributed by atoms with Gasteiger partial charge in [-0.15, -0.1) is 0 Å². The number of rotatable bonds is 37. The molecule has 4 amide bonds. The van der Waals surface area contributed by atoms with Crippen LogP contribution in [0.5, 0.6) is 0 Å². The van der Waals surface area contributed by atoms with Crippen molar-refractivity contribution in [3.05, 3.63) is 10.4 Å². The highest BCUT2D eigenvalue weighted by Gasteiger charge is 2.38. The third kappa shape index (κ3) is 35.6. The van der Waals surface area contributed by atoms with Crippen molar-refractivity contribution in [2.45, 2.75) is 189 Å². The maximum Gasteiger partial charge on any atom is 0.308 e. The third-order valence-corrected chi connectivity index (χ3v) is 10.6. The quantitative estimate of drug-likeness (QED) is 0.0194. The smallest absolute Gasteiger partial charge is 0.308 e. The largest absolute Gasteiger partial charge is 0.460 e. The Morgan fingerprint density at radius 1 is 0.526 bits per heavy atom. The monoisotopic (exact) mass is 1110 g/mol. The standard InChI is InChI=1S/C53H91N7O18/c1-34(2)38(31-41(62)39(17-18-42(63)75-50(4,5)6)57-47(68)36(29-37(61)33-56-59-54)30-44(65)77-52(10,11)12)48(69)58-40(32-45(66)78-53(13,14)15)49(70)60(16)35(3)46(67)55-20-22-72-24-26-74-28-27-73-25-23-71-21-19-43(64)76-51(7,8)9/h34-36,38-40H,17-33H2,1-16H3,(H,55,67)(H,57,68)(H,58,69)/t35-,36+,38-,39-,40+/m0/s1. The summed E-state index contributed by atoms with van der Waals surface area (Å²) in [5.41, 5.74) is 5.36. The molecule has 0 radical (unpaired) electrons. The Kier molecular flexibility index (Phi) is 33.1. The maximum absolute atomic E-state index is 14.3. The number of carbonyl (C=O) groups excluding carboxylic acids is 10. The van der Waals surface area contributed by atoms with E-state index in [0.717, 1.165) is 4.90 Å². The molecule has 0 spiro atoms. The van der Waals surface area contributed by atoms with Gasteiger partial charge in [0, 0.05) is 43.7 Å². The molecule has 0 bridgehead atoms. The number of ether oxygens (including phenoxy) is 8. The van der Waals surface area contributed by atoms with Gasteiger partial charge in [-0.1, -0.05) is 19.0 Å². The lowest BCUT2D eigenvalue weighted by Gasteiger charge is -2.31. The molecular weight excluding hydrogens is 1020 g/mol. The Hall–Kier alpha value is -5.75. The summed E-state index contributed by atoms with van der Waals surface area (Å²) >= 11 is 0. The number of ketones is 2. The summed E-state index contributed by atoms with van der Waals surface area (Å²) in [7, 11) is 1.32. The summed E-state index contributed by atoms with van der Waals surface area (Å²) in [6, 6.07) is -4.16. The number of azide groups is 1. The molecule has 0 rings (SSSR count). The number of Topliss-reactive ketones (excluding diaryl/α,β-unsaturated/α-hetero) is 2. The van der Waals surface area contributed by atoms with Crippen LogP contribution in [-0.2, 0) is 85.8 Å². The van der Waals surface area contributed by atoms with Crippen LogP contribution in [0.1, 0.15) is 149 Å². The fourth-order valence-corrected chi connectivity index (χ4v) is 6.89. The number of likely N-dealkylation sites (N-methyl/N-ethyl adjacent to an activating group) is 1. The highest BCUT2D eigenvalue weighted by Crippen LogP contribution is 2.22. The zero-order chi connectivity index (χ0) is 60.0. The van der Waals surface area contributed by atoms with Crippen LogP contribution in [0.4, 0.5) is 0 Å². The van der Waals surface area contributed by atoms with E-state index >= 15 is 0 Å². The summed E-state index contributed by atoms with van der Waals surface area (Å²) in [5, 5.41) is 11.1. The zero-order valence-corrected chi connectivity index (χ0v) is 49.1. The Balaban J connectivity index is 5.99. The van der Waals surface area contributed by atoms with E-state index in [1.54, 1.807) is 96.9 Å². The Morgan fingerprint density at radius 3 is 1.44 bits per heavy atom. The molecule has 25 nitrogen and oxygen atoms in total. The highest BCUT2D eigenvalue weighted by molar-refractivity contribution is 5.97. The highest BCUT2D eigenvalue weighted by atomic mass is 16.6. The second-order valence-corrected chi connectivity index (χ2v) is 22.9. The van der Waals surface area contributed by atoms with Gasteiger partial charge in [-0.05, 0) is 108 Å². The van der Waals surface area contributed by atoms with E-state index in [0.29, 0.717) is 26.4 Å². The van der Waals surface area contributed by atoms with Crippen LogP contribution in [0.2, 0.25) is 0 Å². The summed E-state index contributed by atoms with van der Waals surface area (Å²) in [6.07, 6.45) is -2.93. The summed E-state index contributed by atoms with van der Waals surface area (Å²) in [6.45, 7) is 26.2. The van der Waals surface area contributed by atoms with Crippen LogP contribution in [0.25, 0.3) is 10.4 Å². The minimum atomic E-state index is -1.58. The molecule has 0 aromatic carbocycles. The fourth-order valence-electron chi connectivity index (χ4n) is 6.89. The van der Waals surface area contributed by atoms with Gasteiger partial charge in [-0.25, -0.2) is 0 Å². The molecule has 0 aliphatic heterocycles. The molecule has 3 N–H and O–H groups in total. The van der Waals surface area contributed by atoms with Crippen molar-refractivity contribution in [3.63, 3.8) is 0 Å². The summed E-state index contributed by atoms with van der Waals surface area (Å²) < 4.78 is 43.4. The predicted octanol–water partition coefficient (Wildman–Crippen LogP) is 4.42. The van der Waals surface area contributed by atoms with E-state index in [1.807, 2.05) is 0 Å². The molecule has 0 heterocycles. The lowest BCUT2D eigenvalue weighted by atomic mass is 9.86. The first-order valence-corrected chi connectivity index (χ1v) is 26.3. The van der Waals surface area contributed by atoms with Crippen molar-refractivity contribution in [1.82, 2.24) is 20.9 Å². The van der Waals surface area contributed by atoms with Crippen molar-refractivity contribution in [3.8, 4) is 0 Å². The van der Waals surface area contributed by atoms with Crippen LogP contribution < -0.4 is 16.0 Å². The average molecular weight is 1110 g/mol. The molecule has 78 heavy (non-hydrogen) atoms. The van der Waals surface area contributed by atoms with E-state index in [2.05, 4.69) is 26.0 Å². The number of carbonyl (C=O) groups is 10. The van der Waals surface area contributed by atoms with Crippen molar-refractivity contribution in [2.75, 3.05) is 73.0 Å². The SMILES string of the molecule is CC(C)[C@H](CC(=O)[C@H](CCC(=O)OC(C)(C)C)NC(=O)[C@H](CC(=O)CN=[N+]=[N-])CC(=O)OC(C)(C)C)C(=O)N[C@H](CC(=O)OC(C)(C)C)C(=O)N(C)[C@@H](C)C(=O)NCCOCCOCCOCCOCCC(=O)OC(C)(C)C. The molecule has 0 saturated heterocycles. The number of amides is 4. The van der Waals surface area contributed by atoms with Crippen molar-refractivity contribution >= 4 is 59.1 Å². The van der Waals surface area contributed by atoms with Gasteiger partial charge >= 0.3 is 23.9 Å². The van der Waals surface area contributed by atoms with Crippen molar-refractivity contribution in [2.24, 2.45) is 22.9 Å². The first kappa shape index (κ1) is 72.2. The van der Waals surface area contributed by atoms with Crippen LogP contribution in [0.3, 0.4) is 0 Å². The molecule has 0 aromatic rings. The normalized spacial score (nSPS) is 13.8. The third-order valence-electron chi connectivity index (χ3n) is 10.6. The minimum absolute atomic E-state index is 0.0730. The molecule has 0 fully saturated rings. The zero-order valence-electron chi connectivity index (χ0n) is 49.1. The van der Waals surface area contributed by atoms with Gasteiger partial charge in [0.15, 0.2) is 5.78 Å². The lowest BCUT2D eigenvalue weighted by Crippen LogP contribution is -2.55. The Labute approximate surface area is 460 Å². The topological polar surface area (TPSA) is 333 Å². The number of esters is 4. The van der Waals surface area contributed by atoms with Crippen LogP contribution >= 0.6 is 0 Å². The summed E-state index contributed by atoms with van der Waals surface area (Å²) in [5.74, 6) is -10.5. The molecule has 0 aromatic heterocycles. The molecule has 0 saturated carbocycles. The van der Waals surface area contributed by atoms with Crippen molar-refractivity contribution in [1.29, 1.82) is 0 Å². The van der Waals surface area contributed by atoms with Gasteiger partial charge in [-0.3, -0.25) is 47.9 Å². The van der Waals surface area contributed by atoms with Gasteiger partial charge in [0.25, 0.3) is 0 Å². The second-order valence-electron chi connectivity index (χ2n) is 22.9. The molecule has 0 aliphatic rings. The van der Waals surface area contributed by atoms with Gasteiger partial charge in [0.2, 0.25) is 23.6 Å². The first-order chi connectivity index (χ1) is 35.9. The van der Waals surface area contributed by atoms with E-state index < -0.39 is 144 Å². The van der Waals surface area contributed by atoms with Gasteiger partial charge in [0.1, 0.15) is 40.3 Å². The number of hydrogen-bond acceptors (Lipinski definition) is 19. The lowest BCUT2D eigenvalue weighted by molar-refractivity contribution is -0.158. The molecule has 446 valence electrons. The molecule has 0 aliphatic carbocycles. The van der Waals surface area contributed by atoms with E-state index in [1.165, 1.54) is 14.0 Å². The minimum Gasteiger partial charge on any atom is -0.460 e. The molecule has 25 heteroatoms. The number of nitrogens with zero attached hydrogens (tertiary/aromatic N) is 4. The van der Waals surface area contributed by atoms with Crippen molar-refractivity contribution < 1.29 is 85.8 Å². The van der Waals surface area contributed by atoms with Crippen LogP contribution in [0, 0.1) is 17.8 Å². The number of hydrogen-bond donors (Lipinski definition) is 3. The Bertz CT molecular complexity index is 2020. The molecule has 5 atom stereocenters. The average Bonchev–Trinajstić information content (AvgIpc) is 3.28. The van der Waals surface area contributed by atoms with E-state index in [-0.39, 0.29) is 58.2 Å². The Morgan fingerprint density at radius 2 is 0.962 bits per heavy atom. The van der Waals surface area contributed by atoms with Crippen LogP contribution in [-0.4, -0.2) is 177 Å². The second kappa shape index (κ2) is 35.7. The summed E-state index contributed by atoms with van der Waals surface area (Å²) in [4.78, 5) is 137. The predicted molar refractivity (Wildman–Crippen MR) is 284 cm³/mol.